The van der Waals surface area contributed by atoms with E-state index in [9.17, 15) is 9.59 Å². The average molecular weight is 548 g/mol. The molecule has 0 fully saturated rings. The monoisotopic (exact) mass is 547 g/mol. The first-order valence-electron chi connectivity index (χ1n) is 13.0. The minimum absolute atomic E-state index is 0.211. The molecule has 0 bridgehead atoms. The quantitative estimate of drug-likeness (QED) is 0.288. The van der Waals surface area contributed by atoms with Crippen LogP contribution in [-0.2, 0) is 19.1 Å². The van der Waals surface area contributed by atoms with E-state index in [0.717, 1.165) is 28.3 Å². The Bertz CT molecular complexity index is 1390. The number of ether oxygens (including phenoxy) is 3. The zero-order chi connectivity index (χ0) is 27.9. The number of rotatable bonds is 10. The maximum Gasteiger partial charge on any atom is 0.336 e. The maximum atomic E-state index is 13.2. The number of anilines is 2. The molecule has 2 heterocycles. The molecule has 9 heteroatoms. The summed E-state index contributed by atoms with van der Waals surface area (Å²) >= 11 is 1.47. The van der Waals surface area contributed by atoms with Crippen LogP contribution in [0.4, 0.5) is 10.8 Å². The van der Waals surface area contributed by atoms with Gasteiger partial charge in [0.2, 0.25) is 0 Å². The second-order valence-electron chi connectivity index (χ2n) is 8.89. The number of benzene rings is 2. The predicted molar refractivity (Wildman–Crippen MR) is 154 cm³/mol. The van der Waals surface area contributed by atoms with E-state index in [1.54, 1.807) is 27.7 Å². The maximum absolute atomic E-state index is 13.2. The molecule has 1 aromatic heterocycles. The summed E-state index contributed by atoms with van der Waals surface area (Å²) in [4.78, 5) is 35.7. The van der Waals surface area contributed by atoms with Gasteiger partial charge in [0.1, 0.15) is 11.7 Å². The zero-order valence-corrected chi connectivity index (χ0v) is 23.6. The van der Waals surface area contributed by atoms with Crippen molar-refractivity contribution in [2.75, 3.05) is 25.1 Å². The molecular formula is C30H33N3O5S. The Hall–Kier alpha value is -3.98. The number of hydrogen-bond acceptors (Lipinski definition) is 9. The molecule has 2 aromatic carbocycles. The largest absolute Gasteiger partial charge is 0.494 e. The molecule has 1 aliphatic rings. The van der Waals surface area contributed by atoms with Crippen molar-refractivity contribution in [2.24, 2.45) is 10.9 Å². The Morgan fingerprint density at radius 3 is 2.36 bits per heavy atom. The van der Waals surface area contributed by atoms with Crippen LogP contribution in [0.15, 0.2) is 70.2 Å². The SMILES string of the molecule is CCOC(=O)C1=C(C)N=C(C)C(C(=O)OCC)C1c1ccccc1Nc1nc(-c2ccc(OCC)cc2)cs1. The van der Waals surface area contributed by atoms with Crippen molar-refractivity contribution in [1.29, 1.82) is 0 Å². The predicted octanol–water partition coefficient (Wildman–Crippen LogP) is 6.53. The first-order valence-corrected chi connectivity index (χ1v) is 13.9. The van der Waals surface area contributed by atoms with Crippen LogP contribution < -0.4 is 10.1 Å². The van der Waals surface area contributed by atoms with Crippen molar-refractivity contribution in [3.63, 3.8) is 0 Å². The first kappa shape index (κ1) is 28.0. The van der Waals surface area contributed by atoms with Crippen molar-refractivity contribution >= 4 is 39.8 Å². The third-order valence-electron chi connectivity index (χ3n) is 6.37. The fourth-order valence-electron chi connectivity index (χ4n) is 4.73. The third-order valence-corrected chi connectivity index (χ3v) is 7.12. The number of aliphatic imine (C=N–C) groups is 1. The van der Waals surface area contributed by atoms with Gasteiger partial charge in [-0.1, -0.05) is 18.2 Å². The summed E-state index contributed by atoms with van der Waals surface area (Å²) in [6, 6.07) is 15.4. The molecule has 0 amide bonds. The van der Waals surface area contributed by atoms with Gasteiger partial charge in [-0.05, 0) is 70.5 Å². The van der Waals surface area contributed by atoms with Gasteiger partial charge in [0.05, 0.1) is 31.1 Å². The zero-order valence-electron chi connectivity index (χ0n) is 22.8. The van der Waals surface area contributed by atoms with Crippen LogP contribution >= 0.6 is 11.3 Å². The van der Waals surface area contributed by atoms with Crippen molar-refractivity contribution in [1.82, 2.24) is 4.98 Å². The number of carbonyl (C=O) groups is 2. The van der Waals surface area contributed by atoms with Crippen LogP contribution in [0.1, 0.15) is 46.1 Å². The van der Waals surface area contributed by atoms with E-state index in [1.165, 1.54) is 11.3 Å². The first-order chi connectivity index (χ1) is 18.9. The van der Waals surface area contributed by atoms with E-state index in [1.807, 2.05) is 60.8 Å². The summed E-state index contributed by atoms with van der Waals surface area (Å²) in [5.74, 6) is -1.53. The highest BCUT2D eigenvalue weighted by molar-refractivity contribution is 7.14. The smallest absolute Gasteiger partial charge is 0.336 e. The molecule has 3 aromatic rings. The summed E-state index contributed by atoms with van der Waals surface area (Å²) in [7, 11) is 0. The number of aromatic nitrogens is 1. The molecule has 0 aliphatic carbocycles. The fraction of sp³-hybridized carbons (Fsp3) is 0.333. The molecule has 204 valence electrons. The number of esters is 2. The standard InChI is InChI=1S/C30H33N3O5S/c1-6-36-21-15-13-20(14-16-21)24-17-39-30(33-24)32-23-12-10-9-11-22(23)27-25(28(34)37-7-2)18(4)31-19(5)26(27)29(35)38-8-3/h9-17,25,27H,6-8H2,1-5H3,(H,32,33). The minimum atomic E-state index is -0.772. The Kier molecular flexibility index (Phi) is 9.14. The molecule has 2 atom stereocenters. The highest BCUT2D eigenvalue weighted by Crippen LogP contribution is 2.43. The topological polar surface area (TPSA) is 99.1 Å². The lowest BCUT2D eigenvalue weighted by atomic mass is 9.75. The van der Waals surface area contributed by atoms with Crippen molar-refractivity contribution in [2.45, 2.75) is 40.5 Å². The van der Waals surface area contributed by atoms with Gasteiger partial charge in [-0.2, -0.15) is 0 Å². The van der Waals surface area contributed by atoms with Crippen molar-refractivity contribution in [3.05, 3.63) is 70.7 Å². The van der Waals surface area contributed by atoms with Crippen LogP contribution in [0, 0.1) is 5.92 Å². The van der Waals surface area contributed by atoms with Crippen molar-refractivity contribution in [3.8, 4) is 17.0 Å². The Morgan fingerprint density at radius 1 is 0.949 bits per heavy atom. The third kappa shape index (κ3) is 6.20. The fourth-order valence-corrected chi connectivity index (χ4v) is 5.47. The van der Waals surface area contributed by atoms with Crippen LogP contribution in [0.2, 0.25) is 0 Å². The van der Waals surface area contributed by atoms with E-state index in [4.69, 9.17) is 19.2 Å². The summed E-state index contributed by atoms with van der Waals surface area (Å²) in [6.07, 6.45) is 0. The molecular weight excluding hydrogens is 514 g/mol. The number of thiazole rings is 1. The molecule has 0 spiro atoms. The second kappa shape index (κ2) is 12.7. The van der Waals surface area contributed by atoms with Crippen LogP contribution in [-0.4, -0.2) is 42.5 Å². The van der Waals surface area contributed by atoms with Gasteiger partial charge in [0, 0.05) is 34.0 Å². The van der Waals surface area contributed by atoms with Gasteiger partial charge in [-0.3, -0.25) is 9.79 Å². The number of para-hydroxylation sites is 1. The van der Waals surface area contributed by atoms with E-state index >= 15 is 0 Å². The molecule has 0 saturated heterocycles. The minimum Gasteiger partial charge on any atom is -0.494 e. The van der Waals surface area contributed by atoms with Crippen LogP contribution in [0.5, 0.6) is 5.75 Å². The summed E-state index contributed by atoms with van der Waals surface area (Å²) in [6.45, 7) is 10.1. The molecule has 1 aliphatic heterocycles. The lowest BCUT2D eigenvalue weighted by Gasteiger charge is -2.32. The Morgan fingerprint density at radius 2 is 1.67 bits per heavy atom. The lowest BCUT2D eigenvalue weighted by molar-refractivity contribution is -0.146. The number of nitrogens with one attached hydrogen (secondary N) is 1. The average Bonchev–Trinajstić information content (AvgIpc) is 3.38. The Labute approximate surface area is 232 Å². The van der Waals surface area contributed by atoms with Crippen molar-refractivity contribution < 1.29 is 23.8 Å². The highest BCUT2D eigenvalue weighted by Gasteiger charge is 2.43. The van der Waals surface area contributed by atoms with Gasteiger partial charge in [-0.25, -0.2) is 9.78 Å². The lowest BCUT2D eigenvalue weighted by Crippen LogP contribution is -2.36. The highest BCUT2D eigenvalue weighted by atomic mass is 32.1. The molecule has 1 N–H and O–H groups in total. The number of carbonyl (C=O) groups excluding carboxylic acids is 2. The second-order valence-corrected chi connectivity index (χ2v) is 9.75. The van der Waals surface area contributed by atoms with E-state index in [0.29, 0.717) is 28.7 Å². The molecule has 8 nitrogen and oxygen atoms in total. The normalized spacial score (nSPS) is 16.9. The molecule has 39 heavy (non-hydrogen) atoms. The van der Waals surface area contributed by atoms with E-state index in [-0.39, 0.29) is 13.2 Å². The van der Waals surface area contributed by atoms with Gasteiger partial charge < -0.3 is 19.5 Å². The number of hydrogen-bond donors (Lipinski definition) is 1. The summed E-state index contributed by atoms with van der Waals surface area (Å²) in [5, 5.41) is 6.08. The number of nitrogens with zero attached hydrogens (tertiary/aromatic N) is 2. The van der Waals surface area contributed by atoms with Gasteiger partial charge in [-0.15, -0.1) is 11.3 Å². The number of allylic oxidation sites excluding steroid dienone is 1. The Balaban J connectivity index is 1.72. The van der Waals surface area contributed by atoms with E-state index in [2.05, 4.69) is 10.3 Å². The van der Waals surface area contributed by atoms with Gasteiger partial charge in [0.25, 0.3) is 0 Å². The summed E-state index contributed by atoms with van der Waals surface area (Å²) in [5.41, 5.74) is 4.75. The molecule has 0 radical (unpaired) electrons. The van der Waals surface area contributed by atoms with Gasteiger partial charge in [0.15, 0.2) is 5.13 Å². The summed E-state index contributed by atoms with van der Waals surface area (Å²) < 4.78 is 16.4. The van der Waals surface area contributed by atoms with Crippen LogP contribution in [0.3, 0.4) is 0 Å². The van der Waals surface area contributed by atoms with Gasteiger partial charge >= 0.3 is 11.9 Å². The van der Waals surface area contributed by atoms with E-state index < -0.39 is 23.8 Å². The molecule has 2 unspecified atom stereocenters. The molecule has 0 saturated carbocycles. The molecule has 4 rings (SSSR count). The van der Waals surface area contributed by atoms with Crippen LogP contribution in [0.25, 0.3) is 11.3 Å².